The zero-order valence-corrected chi connectivity index (χ0v) is 16.3. The molecule has 1 saturated heterocycles. The van der Waals surface area contributed by atoms with E-state index in [2.05, 4.69) is 4.72 Å². The summed E-state index contributed by atoms with van der Waals surface area (Å²) in [6, 6.07) is 3.73. The maximum atomic E-state index is 12.7. The van der Waals surface area contributed by atoms with Crippen molar-refractivity contribution in [2.24, 2.45) is 0 Å². The van der Waals surface area contributed by atoms with Gasteiger partial charge in [-0.1, -0.05) is 0 Å². The van der Waals surface area contributed by atoms with Crippen LogP contribution in [0.4, 0.5) is 0 Å². The molecule has 1 atom stereocenters. The summed E-state index contributed by atoms with van der Waals surface area (Å²) >= 11 is 0. The van der Waals surface area contributed by atoms with E-state index in [0.717, 1.165) is 12.8 Å². The first-order valence-electron chi connectivity index (χ1n) is 8.31. The highest BCUT2D eigenvalue weighted by molar-refractivity contribution is 7.91. The molecule has 0 unspecified atom stereocenters. The largest absolute Gasteiger partial charge is 0.495 e. The molecule has 10 heteroatoms. The number of rotatable bonds is 6. The van der Waals surface area contributed by atoms with Crippen LogP contribution in [0.5, 0.6) is 5.75 Å². The molecule has 0 aromatic heterocycles. The molecular formula is C16H22N2O6S2. The Labute approximate surface area is 153 Å². The molecule has 26 heavy (non-hydrogen) atoms. The van der Waals surface area contributed by atoms with Crippen molar-refractivity contribution in [3.8, 4) is 5.75 Å². The Kier molecular flexibility index (Phi) is 5.02. The van der Waals surface area contributed by atoms with Gasteiger partial charge in [0.2, 0.25) is 10.0 Å². The molecule has 144 valence electrons. The molecule has 0 radical (unpaired) electrons. The zero-order valence-electron chi connectivity index (χ0n) is 14.6. The third-order valence-electron chi connectivity index (χ3n) is 4.68. The molecule has 1 aliphatic carbocycles. The second kappa shape index (κ2) is 6.82. The monoisotopic (exact) mass is 402 g/mol. The smallest absolute Gasteiger partial charge is 0.253 e. The number of methoxy groups -OCH3 is 1. The molecule has 1 aromatic carbocycles. The van der Waals surface area contributed by atoms with Crippen LogP contribution in [-0.4, -0.2) is 65.4 Å². The van der Waals surface area contributed by atoms with E-state index in [1.54, 1.807) is 0 Å². The Bertz CT molecular complexity index is 922. The van der Waals surface area contributed by atoms with Gasteiger partial charge < -0.3 is 9.64 Å². The lowest BCUT2D eigenvalue weighted by atomic mass is 10.1. The van der Waals surface area contributed by atoms with Gasteiger partial charge in [-0.3, -0.25) is 4.79 Å². The fraction of sp³-hybridized carbons (Fsp3) is 0.562. The molecule has 1 heterocycles. The molecule has 1 aromatic rings. The van der Waals surface area contributed by atoms with Crippen LogP contribution in [0, 0.1) is 0 Å². The van der Waals surface area contributed by atoms with Crippen LogP contribution in [0.15, 0.2) is 23.1 Å². The van der Waals surface area contributed by atoms with E-state index in [-0.39, 0.29) is 33.8 Å². The van der Waals surface area contributed by atoms with Crippen molar-refractivity contribution in [3.63, 3.8) is 0 Å². The average molecular weight is 402 g/mol. The van der Waals surface area contributed by atoms with Crippen LogP contribution in [0.2, 0.25) is 0 Å². The molecule has 8 nitrogen and oxygen atoms in total. The number of carbonyl (C=O) groups excluding carboxylic acids is 1. The van der Waals surface area contributed by atoms with Crippen molar-refractivity contribution >= 4 is 25.8 Å². The molecule has 3 rings (SSSR count). The number of hydrogen-bond donors (Lipinski definition) is 1. The van der Waals surface area contributed by atoms with Gasteiger partial charge in [-0.15, -0.1) is 0 Å². The van der Waals surface area contributed by atoms with Crippen LogP contribution in [0.1, 0.15) is 29.6 Å². The van der Waals surface area contributed by atoms with Gasteiger partial charge >= 0.3 is 0 Å². The third-order valence-corrected chi connectivity index (χ3v) is 7.97. The first-order chi connectivity index (χ1) is 12.1. The van der Waals surface area contributed by atoms with Crippen molar-refractivity contribution in [1.82, 2.24) is 9.62 Å². The van der Waals surface area contributed by atoms with Crippen molar-refractivity contribution in [2.45, 2.75) is 36.2 Å². The van der Waals surface area contributed by atoms with Crippen LogP contribution in [0.3, 0.4) is 0 Å². The summed E-state index contributed by atoms with van der Waals surface area (Å²) in [4.78, 5) is 14.0. The van der Waals surface area contributed by atoms with Gasteiger partial charge in [0.25, 0.3) is 5.91 Å². The number of amides is 1. The number of hydrogen-bond acceptors (Lipinski definition) is 6. The molecule has 1 N–H and O–H groups in total. The summed E-state index contributed by atoms with van der Waals surface area (Å²) in [5, 5.41) is 0. The maximum Gasteiger partial charge on any atom is 0.253 e. The molecular weight excluding hydrogens is 380 g/mol. The number of sulfone groups is 1. The molecule has 1 amide bonds. The predicted molar refractivity (Wildman–Crippen MR) is 95.5 cm³/mol. The minimum atomic E-state index is -3.80. The van der Waals surface area contributed by atoms with Crippen molar-refractivity contribution in [3.05, 3.63) is 23.8 Å². The summed E-state index contributed by atoms with van der Waals surface area (Å²) in [5.41, 5.74) is 0.175. The van der Waals surface area contributed by atoms with E-state index >= 15 is 0 Å². The Morgan fingerprint density at radius 2 is 1.96 bits per heavy atom. The number of ether oxygens (including phenoxy) is 1. The normalized spacial score (nSPS) is 22.2. The van der Waals surface area contributed by atoms with Crippen LogP contribution >= 0.6 is 0 Å². The summed E-state index contributed by atoms with van der Waals surface area (Å²) < 4.78 is 56.1. The maximum absolute atomic E-state index is 12.7. The highest BCUT2D eigenvalue weighted by Crippen LogP contribution is 2.29. The highest BCUT2D eigenvalue weighted by Gasteiger charge is 2.34. The Morgan fingerprint density at radius 1 is 1.27 bits per heavy atom. The summed E-state index contributed by atoms with van der Waals surface area (Å²) in [7, 11) is -4.03. The van der Waals surface area contributed by atoms with E-state index in [1.165, 1.54) is 37.3 Å². The fourth-order valence-corrected chi connectivity index (χ4v) is 6.23. The third kappa shape index (κ3) is 4.02. The van der Waals surface area contributed by atoms with E-state index in [4.69, 9.17) is 4.74 Å². The fourth-order valence-electron chi connectivity index (χ4n) is 2.95. The lowest BCUT2D eigenvalue weighted by molar-refractivity contribution is 0.0747. The van der Waals surface area contributed by atoms with E-state index < -0.39 is 31.8 Å². The van der Waals surface area contributed by atoms with Gasteiger partial charge in [0.1, 0.15) is 10.6 Å². The summed E-state index contributed by atoms with van der Waals surface area (Å²) in [5.74, 6) is -0.277. The quantitative estimate of drug-likeness (QED) is 0.737. The lowest BCUT2D eigenvalue weighted by Crippen LogP contribution is -2.38. The van der Waals surface area contributed by atoms with E-state index in [0.29, 0.717) is 6.42 Å². The number of sulfonamides is 1. The van der Waals surface area contributed by atoms with Crippen LogP contribution in [0.25, 0.3) is 0 Å². The molecule has 2 fully saturated rings. The average Bonchev–Trinajstić information content (AvgIpc) is 3.32. The number of nitrogens with one attached hydrogen (secondary N) is 1. The molecule has 1 aliphatic heterocycles. The molecule has 2 aliphatic rings. The Morgan fingerprint density at radius 3 is 2.50 bits per heavy atom. The topological polar surface area (TPSA) is 110 Å². The van der Waals surface area contributed by atoms with Crippen molar-refractivity contribution < 1.29 is 26.4 Å². The lowest BCUT2D eigenvalue weighted by Gasteiger charge is -2.24. The van der Waals surface area contributed by atoms with Gasteiger partial charge in [0.05, 0.1) is 18.6 Å². The van der Waals surface area contributed by atoms with Crippen molar-refractivity contribution in [1.29, 1.82) is 0 Å². The van der Waals surface area contributed by atoms with Gasteiger partial charge in [0, 0.05) is 24.7 Å². The number of nitrogens with zero attached hydrogens (tertiary/aromatic N) is 1. The predicted octanol–water partition coefficient (Wildman–Crippen LogP) is 0.395. The van der Waals surface area contributed by atoms with E-state index in [1.807, 2.05) is 0 Å². The van der Waals surface area contributed by atoms with Crippen molar-refractivity contribution in [2.75, 3.05) is 25.7 Å². The van der Waals surface area contributed by atoms with Gasteiger partial charge in [0.15, 0.2) is 9.84 Å². The van der Waals surface area contributed by atoms with Gasteiger partial charge in [-0.2, -0.15) is 0 Å². The van der Waals surface area contributed by atoms with Crippen LogP contribution < -0.4 is 9.46 Å². The highest BCUT2D eigenvalue weighted by atomic mass is 32.2. The minimum Gasteiger partial charge on any atom is -0.495 e. The standard InChI is InChI=1S/C16H22N2O6S2/c1-18(13-7-8-25(20,21)10-13)16(19)11-3-6-14(24-2)15(9-11)26(22,23)17-12-4-5-12/h3,6,9,12-13,17H,4-5,7-8,10H2,1-2H3/t13-/m0/s1. The summed E-state index contributed by atoms with van der Waals surface area (Å²) in [6.07, 6.45) is 1.97. The Hall–Kier alpha value is -1.65. The molecule has 1 saturated carbocycles. The Balaban J connectivity index is 1.88. The SMILES string of the molecule is COc1ccc(C(=O)N(C)[C@H]2CCS(=O)(=O)C2)cc1S(=O)(=O)NC1CC1. The summed E-state index contributed by atoms with van der Waals surface area (Å²) in [6.45, 7) is 0. The van der Waals surface area contributed by atoms with E-state index in [9.17, 15) is 21.6 Å². The molecule has 0 bridgehead atoms. The first-order valence-corrected chi connectivity index (χ1v) is 11.6. The zero-order chi connectivity index (χ0) is 19.1. The number of benzene rings is 1. The molecule has 0 spiro atoms. The van der Waals surface area contributed by atoms with Gasteiger partial charge in [-0.05, 0) is 37.5 Å². The minimum absolute atomic E-state index is 0.0584. The first kappa shape index (κ1) is 19.1. The second-order valence-corrected chi connectivity index (χ2v) is 10.6. The van der Waals surface area contributed by atoms with Crippen LogP contribution in [-0.2, 0) is 19.9 Å². The van der Waals surface area contributed by atoms with Gasteiger partial charge in [-0.25, -0.2) is 21.6 Å². The second-order valence-electron chi connectivity index (χ2n) is 6.73. The number of carbonyl (C=O) groups is 1.